The van der Waals surface area contributed by atoms with Gasteiger partial charge in [-0.05, 0) is 51.3 Å². The van der Waals surface area contributed by atoms with Gasteiger partial charge in [-0.25, -0.2) is 0 Å². The molecule has 0 radical (unpaired) electrons. The van der Waals surface area contributed by atoms with Crippen LogP contribution in [-0.4, -0.2) is 37.0 Å². The first-order chi connectivity index (χ1) is 9.22. The topological polar surface area (TPSA) is 45.5 Å². The van der Waals surface area contributed by atoms with Crippen LogP contribution in [-0.2, 0) is 0 Å². The lowest BCUT2D eigenvalue weighted by molar-refractivity contribution is 0.0685. The van der Waals surface area contributed by atoms with E-state index in [1.54, 1.807) is 6.26 Å². The number of rotatable bonds is 5. The van der Waals surface area contributed by atoms with Gasteiger partial charge in [-0.15, -0.1) is 0 Å². The zero-order valence-electron chi connectivity index (χ0n) is 11.9. The van der Waals surface area contributed by atoms with Crippen LogP contribution in [0, 0.1) is 12.8 Å². The second-order valence-corrected chi connectivity index (χ2v) is 5.40. The first kappa shape index (κ1) is 14.1. The van der Waals surface area contributed by atoms with Crippen molar-refractivity contribution in [1.82, 2.24) is 10.2 Å². The number of carbonyl (C=O) groups excluding carboxylic acids is 1. The monoisotopic (exact) mass is 264 g/mol. The van der Waals surface area contributed by atoms with Gasteiger partial charge in [0, 0.05) is 18.7 Å². The largest absolute Gasteiger partial charge is 0.459 e. The minimum absolute atomic E-state index is 0.0370. The van der Waals surface area contributed by atoms with E-state index in [1.165, 1.54) is 12.8 Å². The molecule has 0 spiro atoms. The van der Waals surface area contributed by atoms with Crippen molar-refractivity contribution in [3.8, 4) is 0 Å². The molecule has 19 heavy (non-hydrogen) atoms. The maximum absolute atomic E-state index is 12.5. The lowest BCUT2D eigenvalue weighted by Crippen LogP contribution is -2.41. The molecular formula is C15H24N2O2. The standard InChI is InChI=1S/C15H24N2O2/c1-3-8-17(11-13-5-4-7-16-10-13)15(18)14-12(2)6-9-19-14/h6,9,13,16H,3-5,7-8,10-11H2,1-2H3. The van der Waals surface area contributed by atoms with Crippen LogP contribution in [0.2, 0.25) is 0 Å². The fourth-order valence-electron chi connectivity index (χ4n) is 2.67. The minimum atomic E-state index is 0.0370. The van der Waals surface area contributed by atoms with Gasteiger partial charge >= 0.3 is 0 Å². The molecule has 1 unspecified atom stereocenters. The minimum Gasteiger partial charge on any atom is -0.459 e. The highest BCUT2D eigenvalue weighted by Crippen LogP contribution is 2.16. The summed E-state index contributed by atoms with van der Waals surface area (Å²) in [6, 6.07) is 1.85. The van der Waals surface area contributed by atoms with E-state index in [2.05, 4.69) is 12.2 Å². The molecule has 2 heterocycles. The molecule has 1 aliphatic heterocycles. The van der Waals surface area contributed by atoms with Crippen molar-refractivity contribution in [2.45, 2.75) is 33.1 Å². The molecule has 0 aliphatic carbocycles. The number of aryl methyl sites for hydroxylation is 1. The van der Waals surface area contributed by atoms with E-state index in [0.29, 0.717) is 11.7 Å². The smallest absolute Gasteiger partial charge is 0.289 e. The first-order valence-electron chi connectivity index (χ1n) is 7.26. The Balaban J connectivity index is 2.02. The van der Waals surface area contributed by atoms with Crippen LogP contribution < -0.4 is 5.32 Å². The van der Waals surface area contributed by atoms with Crippen LogP contribution in [0.3, 0.4) is 0 Å². The molecule has 4 heteroatoms. The Morgan fingerprint density at radius 2 is 2.42 bits per heavy atom. The lowest BCUT2D eigenvalue weighted by Gasteiger charge is -2.29. The predicted molar refractivity (Wildman–Crippen MR) is 75.2 cm³/mol. The number of piperidine rings is 1. The quantitative estimate of drug-likeness (QED) is 0.888. The second-order valence-electron chi connectivity index (χ2n) is 5.40. The molecular weight excluding hydrogens is 240 g/mol. The van der Waals surface area contributed by atoms with Gasteiger partial charge in [0.1, 0.15) is 0 Å². The molecule has 1 fully saturated rings. The molecule has 4 nitrogen and oxygen atoms in total. The van der Waals surface area contributed by atoms with Crippen LogP contribution in [0.1, 0.15) is 42.3 Å². The number of carbonyl (C=O) groups is 1. The average molecular weight is 264 g/mol. The highest BCUT2D eigenvalue weighted by molar-refractivity contribution is 5.92. The maximum Gasteiger partial charge on any atom is 0.289 e. The van der Waals surface area contributed by atoms with Crippen LogP contribution in [0.4, 0.5) is 0 Å². The lowest BCUT2D eigenvalue weighted by atomic mass is 9.99. The van der Waals surface area contributed by atoms with Crippen LogP contribution in [0.15, 0.2) is 16.7 Å². The van der Waals surface area contributed by atoms with E-state index < -0.39 is 0 Å². The van der Waals surface area contributed by atoms with Crippen molar-refractivity contribution >= 4 is 5.91 Å². The summed E-state index contributed by atoms with van der Waals surface area (Å²) in [6.07, 6.45) is 4.98. The van der Waals surface area contributed by atoms with Crippen molar-refractivity contribution < 1.29 is 9.21 Å². The van der Waals surface area contributed by atoms with Gasteiger partial charge in [0.25, 0.3) is 5.91 Å². The number of hydrogen-bond donors (Lipinski definition) is 1. The van der Waals surface area contributed by atoms with Crippen molar-refractivity contribution in [3.05, 3.63) is 23.7 Å². The molecule has 1 amide bonds. The molecule has 1 N–H and O–H groups in total. The first-order valence-corrected chi connectivity index (χ1v) is 7.26. The van der Waals surface area contributed by atoms with Gasteiger partial charge in [0.15, 0.2) is 5.76 Å². The predicted octanol–water partition coefficient (Wildman–Crippen LogP) is 2.44. The van der Waals surface area contributed by atoms with Gasteiger partial charge < -0.3 is 14.6 Å². The van der Waals surface area contributed by atoms with E-state index >= 15 is 0 Å². The van der Waals surface area contributed by atoms with E-state index in [4.69, 9.17) is 4.42 Å². The third-order valence-electron chi connectivity index (χ3n) is 3.71. The molecule has 0 bridgehead atoms. The number of hydrogen-bond acceptors (Lipinski definition) is 3. The highest BCUT2D eigenvalue weighted by atomic mass is 16.3. The Bertz CT molecular complexity index is 408. The summed E-state index contributed by atoms with van der Waals surface area (Å²) in [4.78, 5) is 14.5. The van der Waals surface area contributed by atoms with Crippen LogP contribution in [0.25, 0.3) is 0 Å². The third-order valence-corrected chi connectivity index (χ3v) is 3.71. The number of furan rings is 1. The Morgan fingerprint density at radius 1 is 1.58 bits per heavy atom. The van der Waals surface area contributed by atoms with Gasteiger partial charge in [-0.2, -0.15) is 0 Å². The summed E-state index contributed by atoms with van der Waals surface area (Å²) in [5.41, 5.74) is 0.924. The molecule has 1 atom stereocenters. The molecule has 0 saturated carbocycles. The van der Waals surface area contributed by atoms with E-state index in [1.807, 2.05) is 17.9 Å². The maximum atomic E-state index is 12.5. The van der Waals surface area contributed by atoms with Gasteiger partial charge in [-0.1, -0.05) is 6.92 Å². The van der Waals surface area contributed by atoms with Crippen LogP contribution in [0.5, 0.6) is 0 Å². The summed E-state index contributed by atoms with van der Waals surface area (Å²) in [6.45, 7) is 7.78. The van der Waals surface area contributed by atoms with Gasteiger partial charge in [0.2, 0.25) is 0 Å². The van der Waals surface area contributed by atoms with Crippen LogP contribution >= 0.6 is 0 Å². The molecule has 1 aromatic rings. The van der Waals surface area contributed by atoms with Gasteiger partial charge in [-0.3, -0.25) is 4.79 Å². The Kier molecular flexibility index (Phi) is 5.02. The number of nitrogens with one attached hydrogen (secondary N) is 1. The molecule has 2 rings (SSSR count). The van der Waals surface area contributed by atoms with Gasteiger partial charge in [0.05, 0.1) is 6.26 Å². The average Bonchev–Trinajstić information content (AvgIpc) is 2.85. The Morgan fingerprint density at radius 3 is 3.00 bits per heavy atom. The van der Waals surface area contributed by atoms with E-state index in [9.17, 15) is 4.79 Å². The van der Waals surface area contributed by atoms with E-state index in [-0.39, 0.29) is 5.91 Å². The fraction of sp³-hybridized carbons (Fsp3) is 0.667. The Hall–Kier alpha value is -1.29. The van der Waals surface area contributed by atoms with Crippen molar-refractivity contribution in [3.63, 3.8) is 0 Å². The molecule has 1 saturated heterocycles. The Labute approximate surface area is 115 Å². The number of nitrogens with zero attached hydrogens (tertiary/aromatic N) is 1. The summed E-state index contributed by atoms with van der Waals surface area (Å²) in [5, 5.41) is 3.41. The fourth-order valence-corrected chi connectivity index (χ4v) is 2.67. The third kappa shape index (κ3) is 3.60. The number of amides is 1. The summed E-state index contributed by atoms with van der Waals surface area (Å²) < 4.78 is 5.34. The second kappa shape index (κ2) is 6.75. The van der Waals surface area contributed by atoms with E-state index in [0.717, 1.165) is 38.2 Å². The zero-order chi connectivity index (χ0) is 13.7. The highest BCUT2D eigenvalue weighted by Gasteiger charge is 2.23. The van der Waals surface area contributed by atoms with Crippen molar-refractivity contribution in [1.29, 1.82) is 0 Å². The SMILES string of the molecule is CCCN(CC1CCCNC1)C(=O)c1occc1C. The molecule has 1 aliphatic rings. The summed E-state index contributed by atoms with van der Waals surface area (Å²) in [7, 11) is 0. The zero-order valence-corrected chi connectivity index (χ0v) is 11.9. The van der Waals surface area contributed by atoms with Crippen molar-refractivity contribution in [2.75, 3.05) is 26.2 Å². The normalized spacial score (nSPS) is 19.4. The molecule has 0 aromatic carbocycles. The van der Waals surface area contributed by atoms with Crippen molar-refractivity contribution in [2.24, 2.45) is 5.92 Å². The molecule has 106 valence electrons. The summed E-state index contributed by atoms with van der Waals surface area (Å²) >= 11 is 0. The summed E-state index contributed by atoms with van der Waals surface area (Å²) in [5.74, 6) is 1.10. The molecule has 1 aromatic heterocycles.